The monoisotopic (exact) mass is 367 g/mol. The summed E-state index contributed by atoms with van der Waals surface area (Å²) in [6.07, 6.45) is 3.36. The maximum Gasteiger partial charge on any atom is 0.244 e. The first-order valence-corrected chi connectivity index (χ1v) is 9.34. The molecule has 27 heavy (non-hydrogen) atoms. The third-order valence-electron chi connectivity index (χ3n) is 4.76. The van der Waals surface area contributed by atoms with Crippen molar-refractivity contribution in [1.29, 1.82) is 0 Å². The van der Waals surface area contributed by atoms with Crippen molar-refractivity contribution in [3.05, 3.63) is 71.8 Å². The van der Waals surface area contributed by atoms with Crippen molar-refractivity contribution in [2.75, 3.05) is 40.0 Å². The summed E-state index contributed by atoms with van der Waals surface area (Å²) in [4.78, 5) is 14.0. The zero-order chi connectivity index (χ0) is 18.9. The van der Waals surface area contributed by atoms with Crippen LogP contribution in [-0.4, -0.2) is 45.9 Å². The highest BCUT2D eigenvalue weighted by molar-refractivity contribution is 5.92. The van der Waals surface area contributed by atoms with E-state index in [-0.39, 0.29) is 11.9 Å². The van der Waals surface area contributed by atoms with Crippen LogP contribution in [0.2, 0.25) is 0 Å². The third kappa shape index (κ3) is 5.67. The predicted octanol–water partition coefficient (Wildman–Crippen LogP) is 1.48. The number of carbonyl (C=O) groups excluding carboxylic acids is 1. The maximum atomic E-state index is 12.6. The first-order valence-electron chi connectivity index (χ1n) is 9.34. The van der Waals surface area contributed by atoms with Crippen LogP contribution in [-0.2, 0) is 9.53 Å². The molecule has 1 aliphatic rings. The number of amides is 1. The van der Waals surface area contributed by atoms with Gasteiger partial charge in [-0.3, -0.25) is 4.79 Å². The summed E-state index contributed by atoms with van der Waals surface area (Å²) >= 11 is 0. The third-order valence-corrected chi connectivity index (χ3v) is 4.76. The number of ether oxygens (including phenoxy) is 2. The Kier molecular flexibility index (Phi) is 7.02. The van der Waals surface area contributed by atoms with Gasteiger partial charge in [0.15, 0.2) is 0 Å². The van der Waals surface area contributed by atoms with Crippen molar-refractivity contribution in [3.63, 3.8) is 0 Å². The predicted molar refractivity (Wildman–Crippen MR) is 106 cm³/mol. The Morgan fingerprint density at radius 1 is 1.15 bits per heavy atom. The van der Waals surface area contributed by atoms with Crippen molar-refractivity contribution in [1.82, 2.24) is 5.32 Å². The van der Waals surface area contributed by atoms with Gasteiger partial charge < -0.3 is 19.7 Å². The molecule has 0 aliphatic carbocycles. The summed E-state index contributed by atoms with van der Waals surface area (Å²) in [6, 6.07) is 17.7. The van der Waals surface area contributed by atoms with E-state index in [2.05, 4.69) is 17.4 Å². The summed E-state index contributed by atoms with van der Waals surface area (Å²) in [5.74, 6) is 0.640. The second-order valence-electron chi connectivity index (χ2n) is 6.61. The Bertz CT molecular complexity index is 755. The molecule has 0 spiro atoms. The van der Waals surface area contributed by atoms with Gasteiger partial charge in [-0.25, -0.2) is 0 Å². The number of morpholine rings is 1. The quantitative estimate of drug-likeness (QED) is 0.729. The zero-order valence-corrected chi connectivity index (χ0v) is 15.7. The number of methoxy groups -OCH3 is 1. The molecule has 2 aromatic carbocycles. The number of quaternary nitrogens is 1. The smallest absolute Gasteiger partial charge is 0.244 e. The molecule has 3 rings (SSSR count). The molecule has 2 N–H and O–H groups in total. The van der Waals surface area contributed by atoms with Crippen LogP contribution in [0, 0.1) is 0 Å². The lowest BCUT2D eigenvalue weighted by atomic mass is 10.1. The zero-order valence-electron chi connectivity index (χ0n) is 15.7. The van der Waals surface area contributed by atoms with E-state index >= 15 is 0 Å². The average Bonchev–Trinajstić information content (AvgIpc) is 2.73. The number of rotatable bonds is 7. The van der Waals surface area contributed by atoms with Crippen LogP contribution in [0.15, 0.2) is 60.7 Å². The first-order chi connectivity index (χ1) is 13.3. The Morgan fingerprint density at radius 3 is 2.59 bits per heavy atom. The van der Waals surface area contributed by atoms with E-state index in [4.69, 9.17) is 9.47 Å². The van der Waals surface area contributed by atoms with Gasteiger partial charge in [-0.1, -0.05) is 48.5 Å². The molecule has 142 valence electrons. The molecule has 5 nitrogen and oxygen atoms in total. The highest BCUT2D eigenvalue weighted by Gasteiger charge is 2.22. The standard InChI is InChI=1S/C22H26N2O3/c1-26-21-10-6-5-9-19(21)11-12-22(25)23-20(18-7-3-2-4-8-18)17-24-13-15-27-16-14-24/h2-12,20H,13-17H2,1H3,(H,23,25)/p+1/b12-11+/t20-/m0/s1. The first kappa shape index (κ1) is 19.1. The van der Waals surface area contributed by atoms with Crippen LogP contribution in [0.25, 0.3) is 6.08 Å². The van der Waals surface area contributed by atoms with E-state index in [1.165, 1.54) is 4.90 Å². The van der Waals surface area contributed by atoms with Gasteiger partial charge in [-0.2, -0.15) is 0 Å². The summed E-state index contributed by atoms with van der Waals surface area (Å²) in [6.45, 7) is 4.34. The maximum absolute atomic E-state index is 12.6. The molecule has 0 radical (unpaired) electrons. The van der Waals surface area contributed by atoms with Gasteiger partial charge in [0.2, 0.25) is 5.91 Å². The number of hydrogen-bond acceptors (Lipinski definition) is 3. The highest BCUT2D eigenvalue weighted by atomic mass is 16.5. The van der Waals surface area contributed by atoms with Crippen molar-refractivity contribution >= 4 is 12.0 Å². The van der Waals surface area contributed by atoms with Crippen LogP contribution in [0.3, 0.4) is 0 Å². The minimum absolute atomic E-state index is 0.0332. The molecule has 1 saturated heterocycles. The average molecular weight is 367 g/mol. The van der Waals surface area contributed by atoms with Crippen LogP contribution in [0.5, 0.6) is 5.75 Å². The molecule has 1 aliphatic heterocycles. The minimum Gasteiger partial charge on any atom is -0.496 e. The number of benzene rings is 2. The highest BCUT2D eigenvalue weighted by Crippen LogP contribution is 2.18. The van der Waals surface area contributed by atoms with Gasteiger partial charge >= 0.3 is 0 Å². The van der Waals surface area contributed by atoms with E-state index < -0.39 is 0 Å². The molecule has 5 heteroatoms. The summed E-state index contributed by atoms with van der Waals surface area (Å²) in [7, 11) is 1.63. The van der Waals surface area contributed by atoms with E-state index in [1.807, 2.05) is 42.5 Å². The second kappa shape index (κ2) is 9.90. The molecule has 0 saturated carbocycles. The van der Waals surface area contributed by atoms with E-state index in [1.54, 1.807) is 19.3 Å². The topological polar surface area (TPSA) is 52.0 Å². The van der Waals surface area contributed by atoms with Gasteiger partial charge in [-0.15, -0.1) is 0 Å². The lowest BCUT2D eigenvalue weighted by molar-refractivity contribution is -0.909. The van der Waals surface area contributed by atoms with Crippen molar-refractivity contribution in [3.8, 4) is 5.75 Å². The molecule has 1 atom stereocenters. The van der Waals surface area contributed by atoms with E-state index in [9.17, 15) is 4.79 Å². The summed E-state index contributed by atoms with van der Waals surface area (Å²) in [5, 5.41) is 3.16. The largest absolute Gasteiger partial charge is 0.496 e. The number of nitrogens with one attached hydrogen (secondary N) is 2. The van der Waals surface area contributed by atoms with Crippen LogP contribution in [0.1, 0.15) is 17.2 Å². The fraction of sp³-hybridized carbons (Fsp3) is 0.318. The van der Waals surface area contributed by atoms with Gasteiger partial charge in [0, 0.05) is 11.6 Å². The van der Waals surface area contributed by atoms with Crippen LogP contribution >= 0.6 is 0 Å². The Balaban J connectivity index is 1.69. The fourth-order valence-electron chi connectivity index (χ4n) is 3.28. The van der Waals surface area contributed by atoms with Gasteiger partial charge in [0.25, 0.3) is 0 Å². The second-order valence-corrected chi connectivity index (χ2v) is 6.61. The Hall–Kier alpha value is -2.63. The number of hydrogen-bond donors (Lipinski definition) is 2. The molecule has 2 aromatic rings. The molecule has 1 amide bonds. The lowest BCUT2D eigenvalue weighted by Gasteiger charge is -2.28. The van der Waals surface area contributed by atoms with Crippen LogP contribution < -0.4 is 15.0 Å². The Labute approximate surface area is 160 Å². The van der Waals surface area contributed by atoms with Gasteiger partial charge in [-0.05, 0) is 17.7 Å². The van der Waals surface area contributed by atoms with E-state index in [0.29, 0.717) is 0 Å². The van der Waals surface area contributed by atoms with Crippen molar-refractivity contribution < 1.29 is 19.2 Å². The number of carbonyl (C=O) groups is 1. The molecular formula is C22H27N2O3+. The molecule has 1 fully saturated rings. The summed E-state index contributed by atoms with van der Waals surface area (Å²) in [5.41, 5.74) is 2.00. The lowest BCUT2D eigenvalue weighted by Crippen LogP contribution is -3.14. The normalized spacial score (nSPS) is 16.2. The SMILES string of the molecule is COc1ccccc1/C=C/C(=O)N[C@@H](C[NH+]1CCOCC1)c1ccccc1. The van der Waals surface area contributed by atoms with Crippen molar-refractivity contribution in [2.24, 2.45) is 0 Å². The van der Waals surface area contributed by atoms with Gasteiger partial charge in [0.1, 0.15) is 31.4 Å². The Morgan fingerprint density at radius 2 is 1.85 bits per heavy atom. The summed E-state index contributed by atoms with van der Waals surface area (Å²) < 4.78 is 10.8. The fourth-order valence-corrected chi connectivity index (χ4v) is 3.28. The molecule has 0 bridgehead atoms. The molecule has 0 aromatic heterocycles. The van der Waals surface area contributed by atoms with E-state index in [0.717, 1.165) is 49.7 Å². The van der Waals surface area contributed by atoms with Crippen molar-refractivity contribution in [2.45, 2.75) is 6.04 Å². The van der Waals surface area contributed by atoms with Gasteiger partial charge in [0.05, 0.1) is 20.3 Å². The molecule has 0 unspecified atom stereocenters. The number of para-hydroxylation sites is 1. The molecule has 1 heterocycles. The minimum atomic E-state index is -0.109. The van der Waals surface area contributed by atoms with Crippen LogP contribution in [0.4, 0.5) is 0 Å². The molecular weight excluding hydrogens is 340 g/mol.